The van der Waals surface area contributed by atoms with Gasteiger partial charge in [-0.05, 0) is 25.0 Å². The summed E-state index contributed by atoms with van der Waals surface area (Å²) in [6.45, 7) is 0. The van der Waals surface area contributed by atoms with Gasteiger partial charge in [0, 0.05) is 23.7 Å². The summed E-state index contributed by atoms with van der Waals surface area (Å²) in [6, 6.07) is 4.89. The maximum Gasteiger partial charge on any atom is 0.308 e. The third-order valence-electron chi connectivity index (χ3n) is 4.24. The van der Waals surface area contributed by atoms with Crippen molar-refractivity contribution in [3.8, 4) is 0 Å². The van der Waals surface area contributed by atoms with Crippen LogP contribution >= 0.6 is 0 Å². The number of non-ortho nitro benzene ring substituents is 1. The molecule has 2 rings (SSSR count). The van der Waals surface area contributed by atoms with Gasteiger partial charge in [0.25, 0.3) is 11.6 Å². The summed E-state index contributed by atoms with van der Waals surface area (Å²) in [5.41, 5.74) is 0.206. The number of nitro benzene ring substituents is 1. The number of amides is 1. The van der Waals surface area contributed by atoms with E-state index in [2.05, 4.69) is 5.32 Å². The Morgan fingerprint density at radius 3 is 2.26 bits per heavy atom. The molecule has 2 N–H and O–H groups in total. The zero-order chi connectivity index (χ0) is 16.8. The minimum atomic E-state index is -0.888. The van der Waals surface area contributed by atoms with Gasteiger partial charge in [0.05, 0.1) is 10.8 Å². The maximum absolute atomic E-state index is 12.3. The number of rotatable bonds is 4. The zero-order valence-corrected chi connectivity index (χ0v) is 12.7. The minimum absolute atomic E-state index is 0.0871. The van der Waals surface area contributed by atoms with Gasteiger partial charge in [-0.2, -0.15) is 0 Å². The minimum Gasteiger partial charge on any atom is -0.481 e. The predicted octanol–water partition coefficient (Wildman–Crippen LogP) is 2.75. The van der Waals surface area contributed by atoms with Crippen LogP contribution in [-0.2, 0) is 4.79 Å². The Hall–Kier alpha value is -2.44. The fraction of sp³-hybridized carbons (Fsp3) is 0.500. The Balaban J connectivity index is 2.08. The third kappa shape index (κ3) is 4.51. The van der Waals surface area contributed by atoms with Crippen molar-refractivity contribution < 1.29 is 19.6 Å². The number of carboxylic acid groups (broad SMARTS) is 1. The van der Waals surface area contributed by atoms with E-state index in [1.54, 1.807) is 0 Å². The molecule has 23 heavy (non-hydrogen) atoms. The van der Waals surface area contributed by atoms with Crippen molar-refractivity contribution in [2.45, 2.75) is 44.6 Å². The fourth-order valence-electron chi connectivity index (χ4n) is 2.94. The number of carbonyl (C=O) groups is 2. The normalized spacial score (nSPS) is 21.7. The maximum atomic E-state index is 12.3. The molecule has 1 aliphatic rings. The Morgan fingerprint density at radius 2 is 1.70 bits per heavy atom. The first-order valence-electron chi connectivity index (χ1n) is 7.77. The summed E-state index contributed by atoms with van der Waals surface area (Å²) < 4.78 is 0. The standard InChI is InChI=1S/C16H20N2O5/c19-15(11-7-9-12(10-8-11)18(22)23)17-14-6-4-2-1-3-5-13(14)16(20)21/h7-10,13-14H,1-6H2,(H,17,19)(H,20,21). The molecule has 124 valence electrons. The first-order valence-corrected chi connectivity index (χ1v) is 7.77. The molecular weight excluding hydrogens is 300 g/mol. The van der Waals surface area contributed by atoms with Crippen molar-refractivity contribution in [1.29, 1.82) is 0 Å². The van der Waals surface area contributed by atoms with Crippen LogP contribution in [0.2, 0.25) is 0 Å². The van der Waals surface area contributed by atoms with E-state index in [1.165, 1.54) is 24.3 Å². The number of nitrogens with one attached hydrogen (secondary N) is 1. The summed E-state index contributed by atoms with van der Waals surface area (Å²) in [5, 5.41) is 22.8. The Kier molecular flexibility index (Phi) is 5.67. The first kappa shape index (κ1) is 16.9. The smallest absolute Gasteiger partial charge is 0.308 e. The highest BCUT2D eigenvalue weighted by Crippen LogP contribution is 2.23. The lowest BCUT2D eigenvalue weighted by molar-refractivity contribution is -0.384. The number of nitrogens with zero attached hydrogens (tertiary/aromatic N) is 1. The van der Waals surface area contributed by atoms with Gasteiger partial charge in [-0.3, -0.25) is 19.7 Å². The largest absolute Gasteiger partial charge is 0.481 e. The highest BCUT2D eigenvalue weighted by molar-refractivity contribution is 5.94. The van der Waals surface area contributed by atoms with Crippen molar-refractivity contribution in [3.63, 3.8) is 0 Å². The Bertz CT molecular complexity index is 585. The summed E-state index contributed by atoms with van der Waals surface area (Å²) in [5.74, 6) is -1.87. The second-order valence-corrected chi connectivity index (χ2v) is 5.82. The molecule has 2 unspecified atom stereocenters. The summed E-state index contributed by atoms with van der Waals surface area (Å²) in [6.07, 6.45) is 4.98. The van der Waals surface area contributed by atoms with Crippen molar-refractivity contribution in [3.05, 3.63) is 39.9 Å². The topological polar surface area (TPSA) is 110 Å². The lowest BCUT2D eigenvalue weighted by Crippen LogP contribution is -2.43. The molecule has 0 spiro atoms. The van der Waals surface area contributed by atoms with E-state index in [0.717, 1.165) is 25.7 Å². The number of nitro groups is 1. The molecule has 0 saturated heterocycles. The van der Waals surface area contributed by atoms with Gasteiger partial charge in [0.1, 0.15) is 0 Å². The Labute approximate surface area is 133 Å². The van der Waals surface area contributed by atoms with Crippen molar-refractivity contribution >= 4 is 17.6 Å². The lowest BCUT2D eigenvalue weighted by atomic mass is 9.86. The van der Waals surface area contributed by atoms with Crippen LogP contribution in [0.5, 0.6) is 0 Å². The first-order chi connectivity index (χ1) is 11.0. The monoisotopic (exact) mass is 320 g/mol. The quantitative estimate of drug-likeness (QED) is 0.655. The molecule has 1 saturated carbocycles. The van der Waals surface area contributed by atoms with Crippen LogP contribution < -0.4 is 5.32 Å². The van der Waals surface area contributed by atoms with Gasteiger partial charge in [-0.1, -0.05) is 25.7 Å². The zero-order valence-electron chi connectivity index (χ0n) is 12.7. The molecule has 1 aromatic rings. The molecule has 1 aromatic carbocycles. The highest BCUT2D eigenvalue weighted by Gasteiger charge is 2.30. The van der Waals surface area contributed by atoms with Crippen molar-refractivity contribution in [2.24, 2.45) is 5.92 Å². The SMILES string of the molecule is O=C(NC1CCCCCCC1C(=O)O)c1ccc([N+](=O)[O-])cc1. The number of aliphatic carboxylic acids is 1. The second kappa shape index (κ2) is 7.71. The van der Waals surface area contributed by atoms with Gasteiger partial charge in [-0.25, -0.2) is 0 Å². The molecule has 0 radical (unpaired) electrons. The van der Waals surface area contributed by atoms with E-state index in [9.17, 15) is 24.8 Å². The molecule has 7 heteroatoms. The number of benzene rings is 1. The van der Waals surface area contributed by atoms with Gasteiger partial charge < -0.3 is 10.4 Å². The summed E-state index contributed by atoms with van der Waals surface area (Å²) in [7, 11) is 0. The molecule has 0 bridgehead atoms. The number of hydrogen-bond acceptors (Lipinski definition) is 4. The molecule has 2 atom stereocenters. The summed E-state index contributed by atoms with van der Waals surface area (Å²) >= 11 is 0. The predicted molar refractivity (Wildman–Crippen MR) is 83.2 cm³/mol. The van der Waals surface area contributed by atoms with Gasteiger partial charge in [0.2, 0.25) is 0 Å². The van der Waals surface area contributed by atoms with Crippen molar-refractivity contribution in [2.75, 3.05) is 0 Å². The van der Waals surface area contributed by atoms with Crippen LogP contribution in [0.1, 0.15) is 48.9 Å². The molecule has 1 fully saturated rings. The van der Waals surface area contributed by atoms with Crippen LogP contribution in [0.4, 0.5) is 5.69 Å². The average molecular weight is 320 g/mol. The number of carboxylic acids is 1. The average Bonchev–Trinajstić information content (AvgIpc) is 2.49. The molecule has 0 aliphatic heterocycles. The van der Waals surface area contributed by atoms with Gasteiger partial charge in [-0.15, -0.1) is 0 Å². The van der Waals surface area contributed by atoms with Crippen LogP contribution in [-0.4, -0.2) is 27.9 Å². The lowest BCUT2D eigenvalue weighted by Gasteiger charge is -2.27. The second-order valence-electron chi connectivity index (χ2n) is 5.82. The third-order valence-corrected chi connectivity index (χ3v) is 4.24. The van der Waals surface area contributed by atoms with E-state index < -0.39 is 28.8 Å². The van der Waals surface area contributed by atoms with Crippen LogP contribution in [0.25, 0.3) is 0 Å². The highest BCUT2D eigenvalue weighted by atomic mass is 16.6. The number of carbonyl (C=O) groups excluding carboxylic acids is 1. The van der Waals surface area contributed by atoms with Crippen LogP contribution in [0.15, 0.2) is 24.3 Å². The van der Waals surface area contributed by atoms with Gasteiger partial charge in [0.15, 0.2) is 0 Å². The summed E-state index contributed by atoms with van der Waals surface area (Å²) in [4.78, 5) is 33.8. The van der Waals surface area contributed by atoms with Crippen molar-refractivity contribution in [1.82, 2.24) is 5.32 Å². The van der Waals surface area contributed by atoms with E-state index in [-0.39, 0.29) is 5.69 Å². The molecule has 0 heterocycles. The van der Waals surface area contributed by atoms with E-state index >= 15 is 0 Å². The van der Waals surface area contributed by atoms with Crippen LogP contribution in [0, 0.1) is 16.0 Å². The molecule has 1 amide bonds. The van der Waals surface area contributed by atoms with E-state index in [0.29, 0.717) is 18.4 Å². The van der Waals surface area contributed by atoms with E-state index in [4.69, 9.17) is 0 Å². The Morgan fingerprint density at radius 1 is 1.09 bits per heavy atom. The van der Waals surface area contributed by atoms with Crippen LogP contribution in [0.3, 0.4) is 0 Å². The molecule has 0 aromatic heterocycles. The van der Waals surface area contributed by atoms with E-state index in [1.807, 2.05) is 0 Å². The fourth-order valence-corrected chi connectivity index (χ4v) is 2.94. The molecular formula is C16H20N2O5. The number of hydrogen-bond donors (Lipinski definition) is 2. The molecule has 7 nitrogen and oxygen atoms in total. The molecule has 1 aliphatic carbocycles. The van der Waals surface area contributed by atoms with Gasteiger partial charge >= 0.3 is 5.97 Å².